The Kier molecular flexibility index (Phi) is 7.87. The SMILES string of the molecule is C/C=C(\c1ccccc1)N(CCOC(=O)CCl)C(=O)CCl. The van der Waals surface area contributed by atoms with Crippen molar-refractivity contribution in [2.24, 2.45) is 0 Å². The number of nitrogens with zero attached hydrogens (tertiary/aromatic N) is 1. The average Bonchev–Trinajstić information content (AvgIpc) is 2.54. The number of halogens is 2. The van der Waals surface area contributed by atoms with Crippen LogP contribution in [0.4, 0.5) is 0 Å². The molecule has 21 heavy (non-hydrogen) atoms. The van der Waals surface area contributed by atoms with Crippen molar-refractivity contribution in [3.8, 4) is 0 Å². The second kappa shape index (κ2) is 9.42. The van der Waals surface area contributed by atoms with E-state index in [4.69, 9.17) is 27.9 Å². The van der Waals surface area contributed by atoms with E-state index in [1.165, 1.54) is 4.90 Å². The largest absolute Gasteiger partial charge is 0.463 e. The van der Waals surface area contributed by atoms with Crippen molar-refractivity contribution < 1.29 is 14.3 Å². The number of rotatable bonds is 7. The van der Waals surface area contributed by atoms with Crippen LogP contribution in [0.5, 0.6) is 0 Å². The first-order valence-corrected chi connectivity index (χ1v) is 7.50. The summed E-state index contributed by atoms with van der Waals surface area (Å²) in [5.74, 6) is -1.13. The highest BCUT2D eigenvalue weighted by Gasteiger charge is 2.18. The predicted molar refractivity (Wildman–Crippen MR) is 84.2 cm³/mol. The van der Waals surface area contributed by atoms with Crippen molar-refractivity contribution in [3.63, 3.8) is 0 Å². The number of amides is 1. The number of benzene rings is 1. The highest BCUT2D eigenvalue weighted by Crippen LogP contribution is 2.19. The van der Waals surface area contributed by atoms with Gasteiger partial charge in [0.15, 0.2) is 0 Å². The van der Waals surface area contributed by atoms with Gasteiger partial charge in [-0.2, -0.15) is 0 Å². The Morgan fingerprint density at radius 1 is 1.19 bits per heavy atom. The molecule has 0 bridgehead atoms. The van der Waals surface area contributed by atoms with Crippen LogP contribution in [0.2, 0.25) is 0 Å². The van der Waals surface area contributed by atoms with Crippen LogP contribution in [-0.4, -0.2) is 41.7 Å². The lowest BCUT2D eigenvalue weighted by atomic mass is 10.1. The van der Waals surface area contributed by atoms with Gasteiger partial charge in [-0.1, -0.05) is 36.4 Å². The highest BCUT2D eigenvalue weighted by molar-refractivity contribution is 6.27. The molecule has 0 aliphatic carbocycles. The van der Waals surface area contributed by atoms with Crippen LogP contribution < -0.4 is 0 Å². The second-order valence-corrected chi connectivity index (χ2v) is 4.61. The van der Waals surface area contributed by atoms with Gasteiger partial charge in [0.05, 0.1) is 6.54 Å². The van der Waals surface area contributed by atoms with Crippen molar-refractivity contribution in [1.82, 2.24) is 4.90 Å². The summed E-state index contributed by atoms with van der Waals surface area (Å²) in [5, 5.41) is 0. The number of allylic oxidation sites excluding steroid dienone is 1. The summed E-state index contributed by atoms with van der Waals surface area (Å²) in [5.41, 5.74) is 1.62. The molecular formula is C15H17Cl2NO3. The molecule has 114 valence electrons. The zero-order valence-electron chi connectivity index (χ0n) is 11.7. The summed E-state index contributed by atoms with van der Waals surface area (Å²) in [4.78, 5) is 24.6. The summed E-state index contributed by atoms with van der Waals surface area (Å²) in [6, 6.07) is 9.46. The Labute approximate surface area is 134 Å². The number of hydrogen-bond acceptors (Lipinski definition) is 3. The predicted octanol–water partition coefficient (Wildman–Crippen LogP) is 2.90. The van der Waals surface area contributed by atoms with Crippen LogP contribution in [0.15, 0.2) is 36.4 Å². The van der Waals surface area contributed by atoms with Crippen LogP contribution in [0.25, 0.3) is 5.70 Å². The molecule has 0 saturated heterocycles. The molecule has 0 aliphatic rings. The summed E-state index contributed by atoms with van der Waals surface area (Å²) in [7, 11) is 0. The van der Waals surface area contributed by atoms with Crippen LogP contribution in [0, 0.1) is 0 Å². The van der Waals surface area contributed by atoms with Gasteiger partial charge < -0.3 is 9.64 Å². The van der Waals surface area contributed by atoms with Gasteiger partial charge in [0, 0.05) is 5.70 Å². The number of carbonyl (C=O) groups is 2. The van der Waals surface area contributed by atoms with E-state index in [0.29, 0.717) is 0 Å². The molecule has 0 fully saturated rings. The number of esters is 1. The van der Waals surface area contributed by atoms with E-state index in [1.54, 1.807) is 0 Å². The first-order chi connectivity index (χ1) is 10.1. The molecule has 0 unspecified atom stereocenters. The van der Waals surface area contributed by atoms with Gasteiger partial charge in [0.1, 0.15) is 18.4 Å². The third-order valence-corrected chi connectivity index (χ3v) is 3.18. The summed E-state index contributed by atoms with van der Waals surface area (Å²) in [6.45, 7) is 2.13. The first-order valence-electron chi connectivity index (χ1n) is 6.43. The molecule has 0 aromatic heterocycles. The van der Waals surface area contributed by atoms with E-state index < -0.39 is 5.97 Å². The van der Waals surface area contributed by atoms with Crippen LogP contribution in [0.1, 0.15) is 12.5 Å². The minimum atomic E-state index is -0.517. The maximum atomic E-state index is 12.0. The summed E-state index contributed by atoms with van der Waals surface area (Å²) < 4.78 is 4.91. The van der Waals surface area contributed by atoms with Gasteiger partial charge in [-0.25, -0.2) is 0 Å². The minimum Gasteiger partial charge on any atom is -0.463 e. The molecule has 1 rings (SSSR count). The second-order valence-electron chi connectivity index (χ2n) is 4.07. The van der Waals surface area contributed by atoms with E-state index in [2.05, 4.69) is 0 Å². The lowest BCUT2D eigenvalue weighted by molar-refractivity contribution is -0.142. The molecule has 4 nitrogen and oxygen atoms in total. The Morgan fingerprint density at radius 2 is 1.86 bits per heavy atom. The molecule has 1 aromatic carbocycles. The van der Waals surface area contributed by atoms with Crippen LogP contribution in [-0.2, 0) is 14.3 Å². The van der Waals surface area contributed by atoms with Crippen molar-refractivity contribution in [1.29, 1.82) is 0 Å². The summed E-state index contributed by atoms with van der Waals surface area (Å²) in [6.07, 6.45) is 1.82. The maximum Gasteiger partial charge on any atom is 0.320 e. The first kappa shape index (κ1) is 17.5. The van der Waals surface area contributed by atoms with Gasteiger partial charge in [-0.3, -0.25) is 9.59 Å². The molecule has 0 radical (unpaired) electrons. The van der Waals surface area contributed by atoms with E-state index in [-0.39, 0.29) is 30.8 Å². The zero-order chi connectivity index (χ0) is 15.7. The van der Waals surface area contributed by atoms with Crippen molar-refractivity contribution in [2.45, 2.75) is 6.92 Å². The smallest absolute Gasteiger partial charge is 0.320 e. The van der Waals surface area contributed by atoms with Gasteiger partial charge in [-0.05, 0) is 12.5 Å². The zero-order valence-corrected chi connectivity index (χ0v) is 13.2. The topological polar surface area (TPSA) is 46.6 Å². The number of hydrogen-bond donors (Lipinski definition) is 0. The van der Waals surface area contributed by atoms with Gasteiger partial charge in [0.2, 0.25) is 5.91 Å². The standard InChI is InChI=1S/C15H17Cl2NO3/c1-2-13(12-6-4-3-5-7-12)18(14(19)10-16)8-9-21-15(20)11-17/h2-7H,8-11H2,1H3/b13-2+. The Morgan fingerprint density at radius 3 is 2.38 bits per heavy atom. The number of alkyl halides is 2. The Bertz CT molecular complexity index is 503. The fourth-order valence-electron chi connectivity index (χ4n) is 1.83. The Hall–Kier alpha value is -1.52. The highest BCUT2D eigenvalue weighted by atomic mass is 35.5. The lowest BCUT2D eigenvalue weighted by Crippen LogP contribution is -2.34. The minimum absolute atomic E-state index is 0.0678. The molecule has 0 spiro atoms. The van der Waals surface area contributed by atoms with Gasteiger partial charge >= 0.3 is 5.97 Å². The van der Waals surface area contributed by atoms with Crippen molar-refractivity contribution >= 4 is 40.8 Å². The summed E-state index contributed by atoms with van der Waals surface area (Å²) >= 11 is 11.0. The van der Waals surface area contributed by atoms with Crippen LogP contribution >= 0.6 is 23.2 Å². The monoisotopic (exact) mass is 329 g/mol. The van der Waals surface area contributed by atoms with Gasteiger partial charge in [-0.15, -0.1) is 23.2 Å². The quantitative estimate of drug-likeness (QED) is 0.570. The molecule has 0 aliphatic heterocycles. The lowest BCUT2D eigenvalue weighted by Gasteiger charge is -2.25. The van der Waals surface area contributed by atoms with Gasteiger partial charge in [0.25, 0.3) is 0 Å². The maximum absolute atomic E-state index is 12.0. The van der Waals surface area contributed by atoms with E-state index >= 15 is 0 Å². The normalized spacial score (nSPS) is 11.1. The third kappa shape index (κ3) is 5.40. The molecule has 0 saturated carbocycles. The van der Waals surface area contributed by atoms with E-state index in [1.807, 2.05) is 43.3 Å². The Balaban J connectivity index is 2.86. The van der Waals surface area contributed by atoms with E-state index in [0.717, 1.165) is 11.3 Å². The van der Waals surface area contributed by atoms with Crippen LogP contribution in [0.3, 0.4) is 0 Å². The molecule has 0 atom stereocenters. The molecule has 6 heteroatoms. The molecule has 0 heterocycles. The van der Waals surface area contributed by atoms with Crippen molar-refractivity contribution in [2.75, 3.05) is 24.9 Å². The number of ether oxygens (including phenoxy) is 1. The molecule has 1 amide bonds. The fraction of sp³-hybridized carbons (Fsp3) is 0.333. The van der Waals surface area contributed by atoms with Crippen molar-refractivity contribution in [3.05, 3.63) is 42.0 Å². The molecular weight excluding hydrogens is 313 g/mol. The third-order valence-electron chi connectivity index (χ3n) is 2.74. The number of carbonyl (C=O) groups excluding carboxylic acids is 2. The van der Waals surface area contributed by atoms with E-state index in [9.17, 15) is 9.59 Å². The molecule has 0 N–H and O–H groups in total. The average molecular weight is 330 g/mol. The molecule has 1 aromatic rings. The fourth-order valence-corrected chi connectivity index (χ4v) is 2.05.